The Labute approximate surface area is 225 Å². The van der Waals surface area contributed by atoms with Crippen molar-refractivity contribution in [3.05, 3.63) is 59.6 Å². The van der Waals surface area contributed by atoms with Crippen LogP contribution in [0.25, 0.3) is 16.8 Å². The van der Waals surface area contributed by atoms with E-state index >= 15 is 0 Å². The summed E-state index contributed by atoms with van der Waals surface area (Å²) in [6.07, 6.45) is 8.53. The Kier molecular flexibility index (Phi) is 5.82. The Morgan fingerprint density at radius 3 is 2.67 bits per heavy atom. The van der Waals surface area contributed by atoms with Crippen molar-refractivity contribution in [2.24, 2.45) is 0 Å². The summed E-state index contributed by atoms with van der Waals surface area (Å²) in [7, 11) is 0. The van der Waals surface area contributed by atoms with E-state index in [1.54, 1.807) is 16.8 Å². The summed E-state index contributed by atoms with van der Waals surface area (Å²) >= 11 is 0. The van der Waals surface area contributed by atoms with Crippen LogP contribution in [-0.2, 0) is 10.2 Å². The maximum absolute atomic E-state index is 13.4. The van der Waals surface area contributed by atoms with Gasteiger partial charge < -0.3 is 9.47 Å². The van der Waals surface area contributed by atoms with E-state index in [0.29, 0.717) is 35.5 Å². The summed E-state index contributed by atoms with van der Waals surface area (Å²) in [4.78, 5) is 6.82. The predicted octanol–water partition coefficient (Wildman–Crippen LogP) is 3.45. The van der Waals surface area contributed by atoms with Gasteiger partial charge in [0.2, 0.25) is 0 Å². The highest BCUT2D eigenvalue weighted by Crippen LogP contribution is 2.48. The maximum Gasteiger partial charge on any atom is 0.147 e. The van der Waals surface area contributed by atoms with Crippen LogP contribution in [0, 0.1) is 24.1 Å². The van der Waals surface area contributed by atoms with E-state index in [9.17, 15) is 9.65 Å². The van der Waals surface area contributed by atoms with Gasteiger partial charge in [-0.15, -0.1) is 5.10 Å². The fourth-order valence-corrected chi connectivity index (χ4v) is 5.82. The molecular formula is C28H29FN8O2. The van der Waals surface area contributed by atoms with Gasteiger partial charge in [-0.05, 0) is 50.8 Å². The van der Waals surface area contributed by atoms with Crippen LogP contribution < -0.4 is 4.74 Å². The normalized spacial score (nSPS) is 19.6. The number of ether oxygens (including phenoxy) is 2. The van der Waals surface area contributed by atoms with Crippen molar-refractivity contribution in [3.63, 3.8) is 0 Å². The fourth-order valence-electron chi connectivity index (χ4n) is 5.82. The number of halogens is 1. The summed E-state index contributed by atoms with van der Waals surface area (Å²) in [5.74, 6) is 0.199. The Hall–Kier alpha value is -3.88. The van der Waals surface area contributed by atoms with Crippen molar-refractivity contribution in [1.82, 2.24) is 34.5 Å². The first kappa shape index (κ1) is 24.2. The summed E-state index contributed by atoms with van der Waals surface area (Å²) in [6.45, 7) is 6.17. The zero-order valence-electron chi connectivity index (χ0n) is 21.8. The van der Waals surface area contributed by atoms with Crippen molar-refractivity contribution < 1.29 is 13.9 Å². The molecule has 1 saturated carbocycles. The Bertz CT molecular complexity index is 1560. The molecule has 4 aromatic heterocycles. The SMILES string of the molecule is Cc1c(-c2cc(OCC3(c4ccc(F)cn4)CC3)c3c(C#N)cnn3c2)nnn1C1CCN(C2COC2)CC1. The van der Waals surface area contributed by atoms with Gasteiger partial charge in [0.05, 0.1) is 55.7 Å². The summed E-state index contributed by atoms with van der Waals surface area (Å²) in [5, 5.41) is 23.2. The molecule has 4 aromatic rings. The third-order valence-corrected chi connectivity index (χ3v) is 8.51. The molecule has 11 heteroatoms. The number of aromatic nitrogens is 6. The van der Waals surface area contributed by atoms with E-state index in [0.717, 1.165) is 74.6 Å². The zero-order valence-corrected chi connectivity index (χ0v) is 21.8. The van der Waals surface area contributed by atoms with E-state index < -0.39 is 0 Å². The molecule has 0 radical (unpaired) electrons. The van der Waals surface area contributed by atoms with Crippen LogP contribution in [-0.4, -0.2) is 73.4 Å². The molecular weight excluding hydrogens is 499 g/mol. The molecule has 200 valence electrons. The number of hydrogen-bond donors (Lipinski definition) is 0. The molecule has 0 aromatic carbocycles. The van der Waals surface area contributed by atoms with Crippen molar-refractivity contribution in [2.75, 3.05) is 32.9 Å². The molecule has 2 aliphatic heterocycles. The molecule has 0 bridgehead atoms. The van der Waals surface area contributed by atoms with Gasteiger partial charge in [0.25, 0.3) is 0 Å². The van der Waals surface area contributed by atoms with Gasteiger partial charge in [-0.25, -0.2) is 13.6 Å². The molecule has 7 rings (SSSR count). The third kappa shape index (κ3) is 4.24. The average Bonchev–Trinajstić information content (AvgIpc) is 3.44. The molecule has 1 aliphatic carbocycles. The van der Waals surface area contributed by atoms with Crippen molar-refractivity contribution in [3.8, 4) is 23.1 Å². The lowest BCUT2D eigenvalue weighted by Crippen LogP contribution is -2.52. The minimum absolute atomic E-state index is 0.257. The van der Waals surface area contributed by atoms with E-state index in [1.165, 1.54) is 12.3 Å². The smallest absolute Gasteiger partial charge is 0.147 e. The number of hydrogen-bond acceptors (Lipinski definition) is 8. The number of likely N-dealkylation sites (tertiary alicyclic amines) is 1. The van der Waals surface area contributed by atoms with E-state index in [4.69, 9.17) is 9.47 Å². The Balaban J connectivity index is 1.17. The highest BCUT2D eigenvalue weighted by atomic mass is 19.1. The van der Waals surface area contributed by atoms with E-state index in [-0.39, 0.29) is 11.2 Å². The van der Waals surface area contributed by atoms with Gasteiger partial charge in [0.15, 0.2) is 0 Å². The quantitative estimate of drug-likeness (QED) is 0.359. The van der Waals surface area contributed by atoms with Crippen LogP contribution in [0.3, 0.4) is 0 Å². The highest BCUT2D eigenvalue weighted by Gasteiger charge is 2.46. The van der Waals surface area contributed by atoms with Crippen LogP contribution >= 0.6 is 0 Å². The monoisotopic (exact) mass is 528 g/mol. The van der Waals surface area contributed by atoms with Crippen LogP contribution in [0.4, 0.5) is 4.39 Å². The van der Waals surface area contributed by atoms with Crippen molar-refractivity contribution >= 4 is 5.52 Å². The largest absolute Gasteiger partial charge is 0.490 e. The van der Waals surface area contributed by atoms with Gasteiger partial charge in [-0.3, -0.25) is 9.88 Å². The lowest BCUT2D eigenvalue weighted by atomic mass is 10.0. The lowest BCUT2D eigenvalue weighted by molar-refractivity contribution is -0.0735. The van der Waals surface area contributed by atoms with Crippen LogP contribution in [0.5, 0.6) is 5.75 Å². The van der Waals surface area contributed by atoms with E-state index in [1.807, 2.05) is 12.3 Å². The average molecular weight is 529 g/mol. The van der Waals surface area contributed by atoms with Crippen LogP contribution in [0.1, 0.15) is 48.7 Å². The first-order valence-electron chi connectivity index (χ1n) is 13.4. The first-order valence-corrected chi connectivity index (χ1v) is 13.4. The molecule has 2 saturated heterocycles. The zero-order chi connectivity index (χ0) is 26.6. The predicted molar refractivity (Wildman–Crippen MR) is 139 cm³/mol. The maximum atomic E-state index is 13.4. The lowest BCUT2D eigenvalue weighted by Gasteiger charge is -2.41. The Morgan fingerprint density at radius 1 is 1.18 bits per heavy atom. The molecule has 3 fully saturated rings. The molecule has 0 amide bonds. The van der Waals surface area contributed by atoms with Gasteiger partial charge in [-0.2, -0.15) is 10.4 Å². The van der Waals surface area contributed by atoms with Gasteiger partial charge in [0.1, 0.15) is 34.4 Å². The molecule has 6 heterocycles. The molecule has 3 aliphatic rings. The van der Waals surface area contributed by atoms with Gasteiger partial charge in [0, 0.05) is 30.3 Å². The van der Waals surface area contributed by atoms with Gasteiger partial charge in [-0.1, -0.05) is 5.21 Å². The van der Waals surface area contributed by atoms with Crippen LogP contribution in [0.2, 0.25) is 0 Å². The number of piperidine rings is 1. The first-order chi connectivity index (χ1) is 19.0. The number of nitrogens with zero attached hydrogens (tertiary/aromatic N) is 8. The summed E-state index contributed by atoms with van der Waals surface area (Å²) in [6, 6.07) is 8.16. The molecule has 0 atom stereocenters. The second kappa shape index (κ2) is 9.39. The topological polar surface area (TPSA) is 106 Å². The number of pyridine rings is 2. The molecule has 0 N–H and O–H groups in total. The highest BCUT2D eigenvalue weighted by molar-refractivity contribution is 5.74. The second-order valence-electron chi connectivity index (χ2n) is 10.9. The number of rotatable bonds is 7. The minimum Gasteiger partial charge on any atom is -0.490 e. The summed E-state index contributed by atoms with van der Waals surface area (Å²) in [5.41, 5.74) is 4.20. The third-order valence-electron chi connectivity index (χ3n) is 8.51. The number of fused-ring (bicyclic) bond motifs is 1. The minimum atomic E-state index is -0.357. The van der Waals surface area contributed by atoms with Crippen LogP contribution in [0.15, 0.2) is 36.8 Å². The molecule has 10 nitrogen and oxygen atoms in total. The second-order valence-corrected chi connectivity index (χ2v) is 10.9. The fraction of sp³-hybridized carbons (Fsp3) is 0.464. The standard InChI is InChI=1S/C28H29FN8O2/c1-18-26(33-34-37(18)22-4-8-35(9-5-22)23-15-38-16-23)19-10-24(27-20(11-30)12-32-36(27)14-19)39-17-28(6-7-28)25-3-2-21(29)13-31-25/h2-3,10,12-14,22-23H,4-9,15-17H2,1H3. The number of nitriles is 1. The molecule has 0 spiro atoms. The summed E-state index contributed by atoms with van der Waals surface area (Å²) < 4.78 is 28.9. The van der Waals surface area contributed by atoms with Gasteiger partial charge >= 0.3 is 0 Å². The molecule has 0 unspecified atom stereocenters. The molecule has 39 heavy (non-hydrogen) atoms. The van der Waals surface area contributed by atoms with Crippen molar-refractivity contribution in [1.29, 1.82) is 5.26 Å². The van der Waals surface area contributed by atoms with E-state index in [2.05, 4.69) is 43.0 Å². The Morgan fingerprint density at radius 2 is 2.00 bits per heavy atom. The van der Waals surface area contributed by atoms with Crippen molar-refractivity contribution in [2.45, 2.75) is 50.1 Å².